The monoisotopic (exact) mass is 492 g/mol. The van der Waals surface area contributed by atoms with Crippen molar-refractivity contribution in [1.82, 2.24) is 5.16 Å². The van der Waals surface area contributed by atoms with Crippen LogP contribution in [0.25, 0.3) is 0 Å². The number of methoxy groups -OCH3 is 4. The highest BCUT2D eigenvalue weighted by molar-refractivity contribution is 6.01. The molecular formula is C27H28N2O7. The number of phenols is 1. The third-order valence-electron chi connectivity index (χ3n) is 6.97. The van der Waals surface area contributed by atoms with E-state index in [4.69, 9.17) is 23.5 Å². The van der Waals surface area contributed by atoms with Crippen LogP contribution >= 0.6 is 0 Å². The fraction of sp³-hybridized carbons (Fsp3) is 0.333. The smallest absolute Gasteiger partial charge is 0.233 e. The fourth-order valence-electron chi connectivity index (χ4n) is 5.23. The molecule has 0 fully saturated rings. The summed E-state index contributed by atoms with van der Waals surface area (Å²) in [4.78, 5) is 13.8. The van der Waals surface area contributed by atoms with Crippen LogP contribution in [0, 0.1) is 6.92 Å². The van der Waals surface area contributed by atoms with E-state index < -0.39 is 5.92 Å². The summed E-state index contributed by atoms with van der Waals surface area (Å²) >= 11 is 0. The topological polar surface area (TPSA) is 112 Å². The predicted octanol–water partition coefficient (Wildman–Crippen LogP) is 4.68. The number of Topliss-reactive ketones (excluding diaryl/α,β-unsaturated/α-hetero) is 1. The van der Waals surface area contributed by atoms with Gasteiger partial charge in [0.2, 0.25) is 11.6 Å². The number of ketones is 1. The van der Waals surface area contributed by atoms with E-state index in [-0.39, 0.29) is 28.9 Å². The summed E-state index contributed by atoms with van der Waals surface area (Å²) in [5, 5.41) is 17.9. The van der Waals surface area contributed by atoms with Crippen LogP contribution in [-0.2, 0) is 4.79 Å². The van der Waals surface area contributed by atoms with Gasteiger partial charge < -0.3 is 33.9 Å². The summed E-state index contributed by atoms with van der Waals surface area (Å²) in [6, 6.07) is 9.19. The van der Waals surface area contributed by atoms with Gasteiger partial charge in [0.15, 0.2) is 28.8 Å². The van der Waals surface area contributed by atoms with Gasteiger partial charge >= 0.3 is 0 Å². The van der Waals surface area contributed by atoms with Crippen LogP contribution in [0.3, 0.4) is 0 Å². The first-order valence-corrected chi connectivity index (χ1v) is 11.6. The third kappa shape index (κ3) is 3.71. The van der Waals surface area contributed by atoms with Gasteiger partial charge in [0.1, 0.15) is 0 Å². The second-order valence-electron chi connectivity index (χ2n) is 8.88. The van der Waals surface area contributed by atoms with E-state index >= 15 is 0 Å². The molecule has 2 atom stereocenters. The van der Waals surface area contributed by atoms with E-state index in [1.807, 2.05) is 25.1 Å². The Hall–Kier alpha value is -4.14. The average molecular weight is 493 g/mol. The number of phenolic OH excluding ortho intramolecular Hbond substituents is 1. The highest BCUT2D eigenvalue weighted by atomic mass is 16.5. The SMILES string of the molecule is COc1ccc([C@@H]2CC(=O)C3=C(C2)Nc2onc(C)c2[C@@H]3c2cc(OC)c(O)c(OC)c2)cc1OC. The van der Waals surface area contributed by atoms with Gasteiger partial charge in [-0.3, -0.25) is 4.79 Å². The van der Waals surface area contributed by atoms with Crippen LogP contribution in [-0.4, -0.2) is 44.5 Å². The van der Waals surface area contributed by atoms with Crippen molar-refractivity contribution < 1.29 is 33.4 Å². The lowest BCUT2D eigenvalue weighted by Crippen LogP contribution is -2.29. The molecule has 2 heterocycles. The molecule has 2 aliphatic rings. The van der Waals surface area contributed by atoms with E-state index in [0.29, 0.717) is 41.5 Å². The van der Waals surface area contributed by atoms with Crippen molar-refractivity contribution in [3.05, 3.63) is 64.0 Å². The number of ether oxygens (including phenoxy) is 4. The molecule has 2 aromatic carbocycles. The summed E-state index contributed by atoms with van der Waals surface area (Å²) in [5.74, 6) is 1.68. The van der Waals surface area contributed by atoms with Gasteiger partial charge in [0.05, 0.1) is 39.7 Å². The van der Waals surface area contributed by atoms with Crippen molar-refractivity contribution in [2.45, 2.75) is 31.6 Å². The van der Waals surface area contributed by atoms with E-state index in [1.165, 1.54) is 14.2 Å². The number of fused-ring (bicyclic) bond motifs is 1. The van der Waals surface area contributed by atoms with Crippen LogP contribution < -0.4 is 24.3 Å². The van der Waals surface area contributed by atoms with Crippen molar-refractivity contribution in [2.24, 2.45) is 0 Å². The molecular weight excluding hydrogens is 464 g/mol. The molecule has 0 unspecified atom stereocenters. The molecule has 9 heteroatoms. The summed E-state index contributed by atoms with van der Waals surface area (Å²) < 4.78 is 27.2. The number of aromatic nitrogens is 1. The van der Waals surface area contributed by atoms with Gasteiger partial charge in [-0.2, -0.15) is 0 Å². The molecule has 0 amide bonds. The van der Waals surface area contributed by atoms with E-state index in [0.717, 1.165) is 22.4 Å². The van der Waals surface area contributed by atoms with E-state index in [2.05, 4.69) is 10.5 Å². The number of aryl methyl sites for hydroxylation is 1. The molecule has 1 aliphatic heterocycles. The first-order chi connectivity index (χ1) is 17.4. The third-order valence-corrected chi connectivity index (χ3v) is 6.97. The largest absolute Gasteiger partial charge is 0.502 e. The minimum Gasteiger partial charge on any atom is -0.502 e. The van der Waals surface area contributed by atoms with Gasteiger partial charge in [-0.25, -0.2) is 0 Å². The molecule has 0 bridgehead atoms. The number of hydrogen-bond donors (Lipinski definition) is 2. The molecule has 188 valence electrons. The van der Waals surface area contributed by atoms with Crippen molar-refractivity contribution in [1.29, 1.82) is 0 Å². The maximum atomic E-state index is 13.8. The first kappa shape index (κ1) is 23.6. The van der Waals surface area contributed by atoms with Crippen molar-refractivity contribution >= 4 is 11.7 Å². The number of anilines is 1. The molecule has 0 saturated carbocycles. The minimum atomic E-state index is -0.454. The van der Waals surface area contributed by atoms with E-state index in [1.54, 1.807) is 26.4 Å². The zero-order valence-corrected chi connectivity index (χ0v) is 20.8. The summed E-state index contributed by atoms with van der Waals surface area (Å²) in [6.07, 6.45) is 0.928. The Labute approximate surface area is 208 Å². The lowest BCUT2D eigenvalue weighted by Gasteiger charge is -2.34. The summed E-state index contributed by atoms with van der Waals surface area (Å²) in [6.45, 7) is 1.84. The normalized spacial score (nSPS) is 18.8. The van der Waals surface area contributed by atoms with Crippen LogP contribution in [0.5, 0.6) is 28.7 Å². The zero-order chi connectivity index (χ0) is 25.6. The summed E-state index contributed by atoms with van der Waals surface area (Å²) in [7, 11) is 6.13. The Bertz CT molecular complexity index is 1350. The number of hydrogen-bond acceptors (Lipinski definition) is 9. The number of allylic oxidation sites excluding steroid dienone is 2. The number of carbonyl (C=O) groups is 1. The van der Waals surface area contributed by atoms with Gasteiger partial charge in [-0.1, -0.05) is 11.2 Å². The molecule has 3 aromatic rings. The van der Waals surface area contributed by atoms with Crippen molar-refractivity contribution in [3.8, 4) is 28.7 Å². The molecule has 1 aromatic heterocycles. The lowest BCUT2D eigenvalue weighted by atomic mass is 9.72. The minimum absolute atomic E-state index is 0.0193. The predicted molar refractivity (Wildman–Crippen MR) is 131 cm³/mol. The number of nitrogens with one attached hydrogen (secondary N) is 1. The number of carbonyl (C=O) groups excluding carboxylic acids is 1. The number of rotatable bonds is 6. The molecule has 9 nitrogen and oxygen atoms in total. The first-order valence-electron chi connectivity index (χ1n) is 11.6. The molecule has 2 N–H and O–H groups in total. The van der Waals surface area contributed by atoms with Crippen molar-refractivity contribution in [3.63, 3.8) is 0 Å². The van der Waals surface area contributed by atoms with Crippen LogP contribution in [0.15, 0.2) is 46.1 Å². The Morgan fingerprint density at radius 2 is 1.56 bits per heavy atom. The number of aromatic hydroxyl groups is 1. The fourth-order valence-corrected chi connectivity index (χ4v) is 5.23. The zero-order valence-electron chi connectivity index (χ0n) is 20.8. The Morgan fingerprint density at radius 3 is 2.19 bits per heavy atom. The molecule has 0 spiro atoms. The molecule has 5 rings (SSSR count). The van der Waals surface area contributed by atoms with Gasteiger partial charge in [0, 0.05) is 23.6 Å². The number of benzene rings is 2. The second kappa shape index (κ2) is 9.14. The van der Waals surface area contributed by atoms with Crippen LogP contribution in [0.1, 0.15) is 47.1 Å². The summed E-state index contributed by atoms with van der Waals surface area (Å²) in [5.41, 5.74) is 4.61. The van der Waals surface area contributed by atoms with Crippen molar-refractivity contribution in [2.75, 3.05) is 33.8 Å². The lowest BCUT2D eigenvalue weighted by molar-refractivity contribution is -0.116. The van der Waals surface area contributed by atoms with Crippen LogP contribution in [0.4, 0.5) is 5.88 Å². The second-order valence-corrected chi connectivity index (χ2v) is 8.88. The Balaban J connectivity index is 1.62. The van der Waals surface area contributed by atoms with Gasteiger partial charge in [-0.15, -0.1) is 0 Å². The molecule has 1 aliphatic carbocycles. The maximum Gasteiger partial charge on any atom is 0.233 e. The van der Waals surface area contributed by atoms with Crippen LogP contribution in [0.2, 0.25) is 0 Å². The highest BCUT2D eigenvalue weighted by Crippen LogP contribution is 2.51. The molecule has 36 heavy (non-hydrogen) atoms. The Morgan fingerprint density at radius 1 is 0.917 bits per heavy atom. The standard InChI is InChI=1S/C27H28N2O7/c1-13-23-24(16-11-21(34-4)26(31)22(12-16)35-5)25-17(28-27(23)36-29-13)8-15(9-18(25)30)14-6-7-19(32-2)20(10-14)33-3/h6-7,10-12,15,24,28,31H,8-9H2,1-5H3/t15-,24-/m0/s1. The highest BCUT2D eigenvalue weighted by Gasteiger charge is 2.41. The maximum absolute atomic E-state index is 13.8. The molecule has 0 radical (unpaired) electrons. The van der Waals surface area contributed by atoms with E-state index in [9.17, 15) is 9.90 Å². The average Bonchev–Trinajstić information content (AvgIpc) is 3.27. The molecule has 0 saturated heterocycles. The quantitative estimate of drug-likeness (QED) is 0.506. The van der Waals surface area contributed by atoms with Gasteiger partial charge in [0.25, 0.3) is 0 Å². The Kier molecular flexibility index (Phi) is 5.99. The van der Waals surface area contributed by atoms with Gasteiger partial charge in [-0.05, 0) is 54.7 Å². The number of nitrogens with zero attached hydrogens (tertiary/aromatic N) is 1.